The molecule has 26 heavy (non-hydrogen) atoms. The second-order valence-electron chi connectivity index (χ2n) is 6.66. The lowest BCUT2D eigenvalue weighted by Crippen LogP contribution is -2.29. The SMILES string of the molecule is CCc1ccc(NC(=O)C2CC2C(=O)NCCc2cccc(Cl)c2)cc1. The first-order valence-corrected chi connectivity index (χ1v) is 9.36. The summed E-state index contributed by atoms with van der Waals surface area (Å²) in [4.78, 5) is 24.5. The van der Waals surface area contributed by atoms with Crippen LogP contribution in [0.15, 0.2) is 48.5 Å². The lowest BCUT2D eigenvalue weighted by atomic mass is 10.1. The van der Waals surface area contributed by atoms with Crippen LogP contribution in [0, 0.1) is 11.8 Å². The van der Waals surface area contributed by atoms with Gasteiger partial charge in [-0.05, 0) is 54.7 Å². The second-order valence-corrected chi connectivity index (χ2v) is 7.10. The number of benzene rings is 2. The fourth-order valence-corrected chi connectivity index (χ4v) is 3.20. The summed E-state index contributed by atoms with van der Waals surface area (Å²) in [5, 5.41) is 6.50. The largest absolute Gasteiger partial charge is 0.356 e. The predicted molar refractivity (Wildman–Crippen MR) is 104 cm³/mol. The van der Waals surface area contributed by atoms with Crippen LogP contribution < -0.4 is 10.6 Å². The Hall–Kier alpha value is -2.33. The summed E-state index contributed by atoms with van der Waals surface area (Å²) >= 11 is 5.95. The van der Waals surface area contributed by atoms with Gasteiger partial charge in [-0.1, -0.05) is 42.8 Å². The summed E-state index contributed by atoms with van der Waals surface area (Å²) in [5.41, 5.74) is 3.09. The van der Waals surface area contributed by atoms with Crippen molar-refractivity contribution < 1.29 is 9.59 Å². The molecule has 2 N–H and O–H groups in total. The molecular weight excluding hydrogens is 348 g/mol. The molecule has 2 amide bonds. The van der Waals surface area contributed by atoms with Crippen LogP contribution in [0.25, 0.3) is 0 Å². The van der Waals surface area contributed by atoms with E-state index >= 15 is 0 Å². The fourth-order valence-electron chi connectivity index (χ4n) is 2.99. The first-order valence-electron chi connectivity index (χ1n) is 8.98. The molecule has 1 fully saturated rings. The third-order valence-corrected chi connectivity index (χ3v) is 4.93. The van der Waals surface area contributed by atoms with Gasteiger partial charge in [-0.2, -0.15) is 0 Å². The van der Waals surface area contributed by atoms with E-state index in [9.17, 15) is 9.59 Å². The third-order valence-electron chi connectivity index (χ3n) is 4.70. The number of carbonyl (C=O) groups excluding carboxylic acids is 2. The quantitative estimate of drug-likeness (QED) is 0.778. The lowest BCUT2D eigenvalue weighted by Gasteiger charge is -2.07. The summed E-state index contributed by atoms with van der Waals surface area (Å²) in [6.45, 7) is 2.63. The van der Waals surface area contributed by atoms with Crippen LogP contribution in [0.1, 0.15) is 24.5 Å². The predicted octanol–water partition coefficient (Wildman–Crippen LogP) is 3.84. The van der Waals surface area contributed by atoms with Gasteiger partial charge in [0.25, 0.3) is 0 Å². The second kappa shape index (κ2) is 8.37. The minimum atomic E-state index is -0.230. The summed E-state index contributed by atoms with van der Waals surface area (Å²) < 4.78 is 0. The van der Waals surface area contributed by atoms with Gasteiger partial charge in [-0.15, -0.1) is 0 Å². The average molecular weight is 371 g/mol. The smallest absolute Gasteiger partial charge is 0.228 e. The molecule has 0 heterocycles. The molecule has 136 valence electrons. The van der Waals surface area contributed by atoms with E-state index in [1.165, 1.54) is 5.56 Å². The Morgan fingerprint density at radius 1 is 1.04 bits per heavy atom. The molecular formula is C21H23ClN2O2. The Labute approximate surface area is 158 Å². The summed E-state index contributed by atoms with van der Waals surface area (Å²) in [5.74, 6) is -0.575. The number of halogens is 1. The molecule has 5 heteroatoms. The Bertz CT molecular complexity index is 789. The number of amides is 2. The third kappa shape index (κ3) is 4.85. The first kappa shape index (κ1) is 18.5. The van der Waals surface area contributed by atoms with Crippen molar-refractivity contribution in [3.63, 3.8) is 0 Å². The van der Waals surface area contributed by atoms with E-state index in [1.807, 2.05) is 48.5 Å². The molecule has 2 unspecified atom stereocenters. The van der Waals surface area contributed by atoms with E-state index in [4.69, 9.17) is 11.6 Å². The molecule has 2 atom stereocenters. The molecule has 1 aliphatic rings. The van der Waals surface area contributed by atoms with Crippen molar-refractivity contribution in [2.45, 2.75) is 26.2 Å². The van der Waals surface area contributed by atoms with Crippen LogP contribution in [0.2, 0.25) is 5.02 Å². The van der Waals surface area contributed by atoms with Crippen LogP contribution in [0.5, 0.6) is 0 Å². The molecule has 0 spiro atoms. The number of hydrogen-bond acceptors (Lipinski definition) is 2. The molecule has 1 saturated carbocycles. The number of anilines is 1. The maximum absolute atomic E-state index is 12.3. The van der Waals surface area contributed by atoms with Gasteiger partial charge in [-0.3, -0.25) is 9.59 Å². The average Bonchev–Trinajstić information content (AvgIpc) is 3.43. The molecule has 0 aromatic heterocycles. The van der Waals surface area contributed by atoms with Crippen LogP contribution in [0.4, 0.5) is 5.69 Å². The van der Waals surface area contributed by atoms with Gasteiger partial charge in [0.05, 0.1) is 11.8 Å². The van der Waals surface area contributed by atoms with Gasteiger partial charge >= 0.3 is 0 Å². The van der Waals surface area contributed by atoms with E-state index in [0.29, 0.717) is 18.0 Å². The summed E-state index contributed by atoms with van der Waals surface area (Å²) in [7, 11) is 0. The molecule has 2 aromatic carbocycles. The van der Waals surface area contributed by atoms with Crippen molar-refractivity contribution in [2.75, 3.05) is 11.9 Å². The number of carbonyl (C=O) groups is 2. The number of rotatable bonds is 7. The van der Waals surface area contributed by atoms with Gasteiger partial charge < -0.3 is 10.6 Å². The van der Waals surface area contributed by atoms with Crippen molar-refractivity contribution in [2.24, 2.45) is 11.8 Å². The summed E-state index contributed by atoms with van der Waals surface area (Å²) in [6.07, 6.45) is 2.30. The minimum absolute atomic E-state index is 0.0477. The van der Waals surface area contributed by atoms with Crippen molar-refractivity contribution in [1.29, 1.82) is 0 Å². The van der Waals surface area contributed by atoms with Crippen LogP contribution in [-0.4, -0.2) is 18.4 Å². The molecule has 1 aliphatic carbocycles. The Kier molecular flexibility index (Phi) is 5.94. The molecule has 0 aliphatic heterocycles. The Morgan fingerprint density at radius 2 is 1.77 bits per heavy atom. The first-order chi connectivity index (χ1) is 12.6. The van der Waals surface area contributed by atoms with E-state index < -0.39 is 0 Å². The van der Waals surface area contributed by atoms with E-state index in [2.05, 4.69) is 17.6 Å². The van der Waals surface area contributed by atoms with E-state index in [-0.39, 0.29) is 23.7 Å². The van der Waals surface area contributed by atoms with Crippen molar-refractivity contribution in [3.8, 4) is 0 Å². The highest BCUT2D eigenvalue weighted by atomic mass is 35.5. The topological polar surface area (TPSA) is 58.2 Å². The minimum Gasteiger partial charge on any atom is -0.356 e. The number of aryl methyl sites for hydroxylation is 1. The highest BCUT2D eigenvalue weighted by Gasteiger charge is 2.47. The van der Waals surface area contributed by atoms with E-state index in [0.717, 1.165) is 24.1 Å². The number of nitrogens with one attached hydrogen (secondary N) is 2. The molecule has 2 aromatic rings. The molecule has 4 nitrogen and oxygen atoms in total. The van der Waals surface area contributed by atoms with E-state index in [1.54, 1.807) is 0 Å². The van der Waals surface area contributed by atoms with Gasteiger partial charge in [-0.25, -0.2) is 0 Å². The van der Waals surface area contributed by atoms with Crippen LogP contribution in [0.3, 0.4) is 0 Å². The van der Waals surface area contributed by atoms with Crippen molar-refractivity contribution >= 4 is 29.1 Å². The zero-order valence-electron chi connectivity index (χ0n) is 14.8. The van der Waals surface area contributed by atoms with Crippen molar-refractivity contribution in [1.82, 2.24) is 5.32 Å². The normalized spacial score (nSPS) is 18.2. The highest BCUT2D eigenvalue weighted by Crippen LogP contribution is 2.39. The molecule has 3 rings (SSSR count). The van der Waals surface area contributed by atoms with Gasteiger partial charge in [0.15, 0.2) is 0 Å². The highest BCUT2D eigenvalue weighted by molar-refractivity contribution is 6.30. The fraction of sp³-hybridized carbons (Fsp3) is 0.333. The Morgan fingerprint density at radius 3 is 2.46 bits per heavy atom. The molecule has 0 saturated heterocycles. The molecule has 0 radical (unpaired) electrons. The zero-order chi connectivity index (χ0) is 18.5. The lowest BCUT2D eigenvalue weighted by molar-refractivity contribution is -0.125. The summed E-state index contributed by atoms with van der Waals surface area (Å²) in [6, 6.07) is 15.4. The monoisotopic (exact) mass is 370 g/mol. The standard InChI is InChI=1S/C21H23ClN2O2/c1-2-14-6-8-17(9-7-14)24-21(26)19-13-18(19)20(25)23-11-10-15-4-3-5-16(22)12-15/h3-9,12,18-19H,2,10-11,13H2,1H3,(H,23,25)(H,24,26). The Balaban J connectivity index is 1.42. The number of hydrogen-bond donors (Lipinski definition) is 2. The van der Waals surface area contributed by atoms with Crippen LogP contribution in [-0.2, 0) is 22.4 Å². The molecule has 0 bridgehead atoms. The van der Waals surface area contributed by atoms with Gasteiger partial charge in [0.2, 0.25) is 11.8 Å². The van der Waals surface area contributed by atoms with Crippen LogP contribution >= 0.6 is 11.6 Å². The van der Waals surface area contributed by atoms with Crippen molar-refractivity contribution in [3.05, 3.63) is 64.7 Å². The zero-order valence-corrected chi connectivity index (χ0v) is 15.6. The van der Waals surface area contributed by atoms with Gasteiger partial charge in [0, 0.05) is 17.3 Å². The maximum Gasteiger partial charge on any atom is 0.228 e. The van der Waals surface area contributed by atoms with Gasteiger partial charge in [0.1, 0.15) is 0 Å². The maximum atomic E-state index is 12.3.